The summed E-state index contributed by atoms with van der Waals surface area (Å²) in [6.07, 6.45) is 2.15. The van der Waals surface area contributed by atoms with Crippen LogP contribution in [0.1, 0.15) is 98.5 Å². The summed E-state index contributed by atoms with van der Waals surface area (Å²) in [5, 5.41) is 5.51. The van der Waals surface area contributed by atoms with Gasteiger partial charge in [0.05, 0.1) is 6.61 Å². The summed E-state index contributed by atoms with van der Waals surface area (Å²) in [5.41, 5.74) is 0.290. The van der Waals surface area contributed by atoms with Crippen LogP contribution in [0.4, 0.5) is 10.5 Å². The summed E-state index contributed by atoms with van der Waals surface area (Å²) in [6.45, 7) is 12.9. The molecule has 9 atom stereocenters. The Labute approximate surface area is 346 Å². The van der Waals surface area contributed by atoms with E-state index in [1.165, 1.54) is 0 Å². The van der Waals surface area contributed by atoms with Crippen molar-refractivity contribution in [2.24, 2.45) is 23.7 Å². The van der Waals surface area contributed by atoms with E-state index >= 15 is 0 Å². The molecule has 0 radical (unpaired) electrons. The Hall–Kier alpha value is -2.88. The predicted molar refractivity (Wildman–Crippen MR) is 212 cm³/mol. The van der Waals surface area contributed by atoms with E-state index in [4.69, 9.17) is 56.7 Å². The Morgan fingerprint density at radius 1 is 0.947 bits per heavy atom. The number of amides is 2. The second-order valence-electron chi connectivity index (χ2n) is 16.9. The van der Waals surface area contributed by atoms with Crippen molar-refractivity contribution < 1.29 is 52.6 Å². The highest BCUT2D eigenvalue weighted by Crippen LogP contribution is 2.60. The highest BCUT2D eigenvalue weighted by molar-refractivity contribution is 6.18. The van der Waals surface area contributed by atoms with Gasteiger partial charge in [0.25, 0.3) is 0 Å². The van der Waals surface area contributed by atoms with E-state index in [2.05, 4.69) is 22.5 Å². The Kier molecular flexibility index (Phi) is 15.8. The summed E-state index contributed by atoms with van der Waals surface area (Å²) in [5.74, 6) is -0.827. The number of nitrogens with one attached hydrogen (secondary N) is 2. The lowest BCUT2D eigenvalue weighted by molar-refractivity contribution is -0.576. The molecule has 1 aromatic rings. The van der Waals surface area contributed by atoms with Crippen molar-refractivity contribution in [3.8, 4) is 0 Å². The number of anilines is 1. The van der Waals surface area contributed by atoms with Crippen molar-refractivity contribution in [1.29, 1.82) is 0 Å². The van der Waals surface area contributed by atoms with Gasteiger partial charge in [0.1, 0.15) is 11.6 Å². The van der Waals surface area contributed by atoms with Crippen LogP contribution >= 0.6 is 23.2 Å². The summed E-state index contributed by atoms with van der Waals surface area (Å²) in [7, 11) is 0. The second kappa shape index (κ2) is 19.9. The van der Waals surface area contributed by atoms with E-state index in [9.17, 15) is 19.2 Å². The summed E-state index contributed by atoms with van der Waals surface area (Å²) in [6, 6.07) is 6.74. The van der Waals surface area contributed by atoms with E-state index < -0.39 is 59.6 Å². The number of ether oxygens (including phenoxy) is 5. The molecule has 4 saturated heterocycles. The smallest absolute Gasteiger partial charge is 0.408 e. The van der Waals surface area contributed by atoms with Gasteiger partial charge in [-0.05, 0) is 89.3 Å². The molecule has 5 fully saturated rings. The first-order chi connectivity index (χ1) is 27.1. The number of hydrogen-bond donors (Lipinski definition) is 2. The molecule has 57 heavy (non-hydrogen) atoms. The molecule has 6 rings (SSSR count). The van der Waals surface area contributed by atoms with Crippen LogP contribution in [-0.4, -0.2) is 97.6 Å². The number of rotatable bonds is 18. The van der Waals surface area contributed by atoms with Gasteiger partial charge in [0.2, 0.25) is 18.0 Å². The van der Waals surface area contributed by atoms with Crippen LogP contribution in [0.3, 0.4) is 0 Å². The number of carbonyl (C=O) groups excluding carboxylic acids is 4. The molecular weight excluding hydrogens is 781 g/mol. The number of nitrogens with zero attached hydrogens (tertiary/aromatic N) is 1. The third kappa shape index (κ3) is 11.7. The standard InChI is InChI=1S/C41H61Cl2N3O11/c1-26-11-16-31-27(2)36(53-37-41(31)30(26)17-18-40(6,54-37)56-57-41)52-34(48)10-7-9-33(47)51-24-8-21-44-35(49)32(45-38(50)55-39(3,4)5)25-28-12-14-29(15-13-28)46(22-19-42)23-20-43/h12-15,26-27,30-32,36-37H,7-11,16-25H2,1-6H3,(H,44,49)(H,45,50)/t26-,27-,30+,31+,32+,36-,37-,40-,41-/m1/s1. The van der Waals surface area contributed by atoms with Gasteiger partial charge in [-0.25, -0.2) is 14.6 Å². The number of fused-ring (bicyclic) bond motifs is 2. The maximum Gasteiger partial charge on any atom is 0.408 e. The molecule has 5 aliphatic rings. The highest BCUT2D eigenvalue weighted by Gasteiger charge is 2.69. The lowest BCUT2D eigenvalue weighted by Gasteiger charge is -2.59. The van der Waals surface area contributed by atoms with Crippen molar-refractivity contribution in [1.82, 2.24) is 10.6 Å². The molecule has 1 aliphatic carbocycles. The first-order valence-electron chi connectivity index (χ1n) is 20.4. The highest BCUT2D eigenvalue weighted by atomic mass is 35.5. The first kappa shape index (κ1) is 45.2. The van der Waals surface area contributed by atoms with Crippen molar-refractivity contribution in [2.75, 3.05) is 42.9 Å². The van der Waals surface area contributed by atoms with Crippen LogP contribution in [0.25, 0.3) is 0 Å². The first-order valence-corrected chi connectivity index (χ1v) is 21.4. The van der Waals surface area contributed by atoms with Crippen molar-refractivity contribution in [2.45, 2.75) is 135 Å². The molecule has 0 aromatic heterocycles. The van der Waals surface area contributed by atoms with E-state index in [0.29, 0.717) is 43.6 Å². The summed E-state index contributed by atoms with van der Waals surface area (Å²) < 4.78 is 29.3. The minimum Gasteiger partial charge on any atom is -0.466 e. The van der Waals surface area contributed by atoms with Gasteiger partial charge in [0, 0.05) is 74.6 Å². The van der Waals surface area contributed by atoms with Crippen LogP contribution in [0.2, 0.25) is 0 Å². The van der Waals surface area contributed by atoms with Crippen LogP contribution in [0, 0.1) is 23.7 Å². The fourth-order valence-electron chi connectivity index (χ4n) is 8.55. The SMILES string of the molecule is C[C@H]1[C@H](OC(=O)CCCC(=O)OCCCNC(=O)[C@H](Cc2ccc(N(CCCl)CCCl)cc2)NC(=O)OC(C)(C)C)O[C@@H]2O[C@@]3(C)CC[C@H]4[C@H](C)CC[C@@H]1[C@@]24OO3. The molecule has 320 valence electrons. The maximum absolute atomic E-state index is 13.3. The lowest BCUT2D eigenvalue weighted by Crippen LogP contribution is -2.70. The molecule has 2 bridgehead atoms. The monoisotopic (exact) mass is 841 g/mol. The molecule has 2 amide bonds. The number of halogens is 2. The van der Waals surface area contributed by atoms with E-state index in [1.807, 2.05) is 38.1 Å². The summed E-state index contributed by atoms with van der Waals surface area (Å²) in [4.78, 5) is 65.4. The topological polar surface area (TPSA) is 160 Å². The number of benzene rings is 1. The van der Waals surface area contributed by atoms with E-state index in [0.717, 1.165) is 30.5 Å². The quantitative estimate of drug-likeness (QED) is 0.0553. The number of alkyl halides is 2. The average molecular weight is 843 g/mol. The Morgan fingerprint density at radius 3 is 2.33 bits per heavy atom. The largest absolute Gasteiger partial charge is 0.466 e. The molecule has 1 spiro atoms. The number of esters is 2. The van der Waals surface area contributed by atoms with Gasteiger partial charge in [-0.2, -0.15) is 0 Å². The van der Waals surface area contributed by atoms with E-state index in [-0.39, 0.29) is 56.6 Å². The Balaban J connectivity index is 1.03. The molecule has 14 nitrogen and oxygen atoms in total. The molecule has 2 N–H and O–H groups in total. The minimum absolute atomic E-state index is 0.0178. The van der Waals surface area contributed by atoms with Crippen LogP contribution < -0.4 is 15.5 Å². The number of alkyl carbamates (subject to hydrolysis) is 1. The van der Waals surface area contributed by atoms with Crippen LogP contribution in [-0.2, 0) is 54.3 Å². The number of carbonyl (C=O) groups is 4. The lowest BCUT2D eigenvalue weighted by atomic mass is 9.58. The normalized spacial score (nSPS) is 29.6. The summed E-state index contributed by atoms with van der Waals surface area (Å²) >= 11 is 11.9. The fraction of sp³-hybridized carbons (Fsp3) is 0.756. The van der Waals surface area contributed by atoms with Crippen molar-refractivity contribution in [3.05, 3.63) is 29.8 Å². The zero-order valence-corrected chi connectivity index (χ0v) is 35.7. The predicted octanol–water partition coefficient (Wildman–Crippen LogP) is 6.38. The van der Waals surface area contributed by atoms with Gasteiger partial charge in [-0.3, -0.25) is 14.4 Å². The minimum atomic E-state index is -0.924. The molecule has 4 heterocycles. The fourth-order valence-corrected chi connectivity index (χ4v) is 8.96. The second-order valence-corrected chi connectivity index (χ2v) is 17.7. The Morgan fingerprint density at radius 2 is 1.65 bits per heavy atom. The van der Waals surface area contributed by atoms with Crippen LogP contribution in [0.15, 0.2) is 24.3 Å². The maximum atomic E-state index is 13.3. The Bertz CT molecular complexity index is 1520. The van der Waals surface area contributed by atoms with Gasteiger partial charge < -0.3 is 39.2 Å². The average Bonchev–Trinajstić information content (AvgIpc) is 3.38. The molecular formula is C41H61Cl2N3O11. The van der Waals surface area contributed by atoms with Gasteiger partial charge in [-0.15, -0.1) is 23.2 Å². The van der Waals surface area contributed by atoms with Crippen molar-refractivity contribution in [3.63, 3.8) is 0 Å². The number of hydrogen-bond acceptors (Lipinski definition) is 12. The zero-order valence-electron chi connectivity index (χ0n) is 34.2. The molecule has 4 aliphatic heterocycles. The van der Waals surface area contributed by atoms with Gasteiger partial charge in [0.15, 0.2) is 11.9 Å². The third-order valence-electron chi connectivity index (χ3n) is 11.4. The third-order valence-corrected chi connectivity index (χ3v) is 11.8. The molecule has 16 heteroatoms. The molecule has 1 aromatic carbocycles. The van der Waals surface area contributed by atoms with Crippen molar-refractivity contribution >= 4 is 52.8 Å². The zero-order chi connectivity index (χ0) is 41.4. The molecule has 1 saturated carbocycles. The van der Waals surface area contributed by atoms with E-state index in [1.54, 1.807) is 20.8 Å². The molecule has 0 unspecified atom stereocenters. The van der Waals surface area contributed by atoms with Gasteiger partial charge >= 0.3 is 18.0 Å². The van der Waals surface area contributed by atoms with Gasteiger partial charge in [-0.1, -0.05) is 26.0 Å². The van der Waals surface area contributed by atoms with Crippen LogP contribution in [0.5, 0.6) is 0 Å².